The first-order valence-electron chi connectivity index (χ1n) is 9.74. The van der Waals surface area contributed by atoms with Gasteiger partial charge in [-0.25, -0.2) is 4.68 Å². The number of aromatic nitrogens is 2. The van der Waals surface area contributed by atoms with Crippen LogP contribution in [0.5, 0.6) is 5.75 Å². The molecule has 7 heteroatoms. The van der Waals surface area contributed by atoms with Crippen LogP contribution in [0.15, 0.2) is 48.5 Å². The summed E-state index contributed by atoms with van der Waals surface area (Å²) in [5, 5.41) is 4.61. The van der Waals surface area contributed by atoms with E-state index in [9.17, 15) is 9.59 Å². The monoisotopic (exact) mass is 406 g/mol. The Balaban J connectivity index is 1.60. The molecule has 2 N–H and O–H groups in total. The third-order valence-electron chi connectivity index (χ3n) is 4.97. The average Bonchev–Trinajstić information content (AvgIpc) is 3.04. The summed E-state index contributed by atoms with van der Waals surface area (Å²) in [6.45, 7) is 5.85. The van der Waals surface area contributed by atoms with Gasteiger partial charge in [0, 0.05) is 23.7 Å². The number of aryl methyl sites for hydroxylation is 2. The van der Waals surface area contributed by atoms with Crippen molar-refractivity contribution >= 4 is 11.8 Å². The Morgan fingerprint density at radius 1 is 1.03 bits per heavy atom. The summed E-state index contributed by atoms with van der Waals surface area (Å²) in [5.74, 6) is 0.148. The number of nitrogens with one attached hydrogen (secondary N) is 2. The van der Waals surface area contributed by atoms with E-state index in [-0.39, 0.29) is 18.2 Å². The molecule has 0 aliphatic heterocycles. The SMILES string of the molecule is COc1cccc(-n2nc(C)c(CCC(=O)NNC(=O)c3ccc(C)cc3)c2C)c1. The van der Waals surface area contributed by atoms with E-state index in [2.05, 4.69) is 16.0 Å². The normalized spacial score (nSPS) is 10.5. The first kappa shape index (κ1) is 21.1. The zero-order valence-corrected chi connectivity index (χ0v) is 17.7. The quantitative estimate of drug-likeness (QED) is 0.616. The Labute approximate surface area is 176 Å². The van der Waals surface area contributed by atoms with Gasteiger partial charge in [0.05, 0.1) is 18.5 Å². The van der Waals surface area contributed by atoms with Crippen molar-refractivity contribution in [3.8, 4) is 11.4 Å². The van der Waals surface area contributed by atoms with Gasteiger partial charge in [0.25, 0.3) is 5.91 Å². The predicted molar refractivity (Wildman–Crippen MR) is 115 cm³/mol. The lowest BCUT2D eigenvalue weighted by Crippen LogP contribution is -2.41. The highest BCUT2D eigenvalue weighted by Crippen LogP contribution is 2.22. The zero-order chi connectivity index (χ0) is 21.7. The smallest absolute Gasteiger partial charge is 0.269 e. The molecule has 0 aliphatic carbocycles. The van der Waals surface area contributed by atoms with Gasteiger partial charge in [0.15, 0.2) is 0 Å². The number of amides is 2. The maximum atomic E-state index is 12.2. The van der Waals surface area contributed by atoms with Crippen LogP contribution in [0.3, 0.4) is 0 Å². The van der Waals surface area contributed by atoms with Crippen LogP contribution >= 0.6 is 0 Å². The van der Waals surface area contributed by atoms with Crippen LogP contribution in [0.4, 0.5) is 0 Å². The van der Waals surface area contributed by atoms with Gasteiger partial charge in [-0.2, -0.15) is 5.10 Å². The van der Waals surface area contributed by atoms with E-state index in [0.717, 1.165) is 34.0 Å². The third kappa shape index (κ3) is 4.86. The second kappa shape index (κ2) is 9.26. The van der Waals surface area contributed by atoms with Gasteiger partial charge in [-0.15, -0.1) is 0 Å². The molecule has 0 bridgehead atoms. The molecule has 0 unspecified atom stereocenters. The van der Waals surface area contributed by atoms with E-state index in [1.54, 1.807) is 19.2 Å². The van der Waals surface area contributed by atoms with E-state index < -0.39 is 0 Å². The fraction of sp³-hybridized carbons (Fsp3) is 0.261. The topological polar surface area (TPSA) is 85.2 Å². The number of ether oxygens (including phenoxy) is 1. The lowest BCUT2D eigenvalue weighted by Gasteiger charge is -2.09. The average molecular weight is 406 g/mol. The van der Waals surface area contributed by atoms with E-state index >= 15 is 0 Å². The minimum Gasteiger partial charge on any atom is -0.497 e. The number of hydrogen-bond acceptors (Lipinski definition) is 4. The fourth-order valence-corrected chi connectivity index (χ4v) is 3.24. The first-order chi connectivity index (χ1) is 14.4. The van der Waals surface area contributed by atoms with E-state index in [4.69, 9.17) is 4.74 Å². The standard InChI is InChI=1S/C23H26N4O3/c1-15-8-10-18(11-9-15)23(29)25-24-22(28)13-12-21-16(2)26-27(17(21)3)19-6-5-7-20(14-19)30-4/h5-11,14H,12-13H2,1-4H3,(H,24,28)(H,25,29). The van der Waals surface area contributed by atoms with Gasteiger partial charge in [0.2, 0.25) is 5.91 Å². The van der Waals surface area contributed by atoms with Crippen LogP contribution in [0.1, 0.15) is 39.3 Å². The Morgan fingerprint density at radius 2 is 1.77 bits per heavy atom. The van der Waals surface area contributed by atoms with Crippen molar-refractivity contribution in [2.24, 2.45) is 0 Å². The van der Waals surface area contributed by atoms with Crippen molar-refractivity contribution < 1.29 is 14.3 Å². The number of hydrogen-bond donors (Lipinski definition) is 2. The molecule has 30 heavy (non-hydrogen) atoms. The van der Waals surface area contributed by atoms with Crippen molar-refractivity contribution in [1.29, 1.82) is 0 Å². The van der Waals surface area contributed by atoms with Crippen molar-refractivity contribution in [2.45, 2.75) is 33.6 Å². The van der Waals surface area contributed by atoms with Gasteiger partial charge in [0.1, 0.15) is 5.75 Å². The maximum absolute atomic E-state index is 12.2. The fourth-order valence-electron chi connectivity index (χ4n) is 3.24. The number of benzene rings is 2. The van der Waals surface area contributed by atoms with Crippen molar-refractivity contribution in [3.05, 3.63) is 76.6 Å². The minimum absolute atomic E-state index is 0.236. The first-order valence-corrected chi connectivity index (χ1v) is 9.74. The number of nitrogens with zero attached hydrogens (tertiary/aromatic N) is 2. The predicted octanol–water partition coefficient (Wildman–Crippen LogP) is 3.20. The number of carbonyl (C=O) groups is 2. The Bertz CT molecular complexity index is 1050. The van der Waals surface area contributed by atoms with Gasteiger partial charge in [-0.05, 0) is 57.0 Å². The number of methoxy groups -OCH3 is 1. The van der Waals surface area contributed by atoms with Gasteiger partial charge in [-0.1, -0.05) is 23.8 Å². The Hall–Kier alpha value is -3.61. The molecule has 0 atom stereocenters. The molecule has 0 saturated heterocycles. The number of hydrazine groups is 1. The van der Waals surface area contributed by atoms with Gasteiger partial charge >= 0.3 is 0 Å². The zero-order valence-electron chi connectivity index (χ0n) is 17.7. The second-order valence-electron chi connectivity index (χ2n) is 7.13. The molecule has 3 rings (SSSR count). The van der Waals surface area contributed by atoms with Crippen LogP contribution in [0, 0.1) is 20.8 Å². The Kier molecular flexibility index (Phi) is 6.51. The van der Waals surface area contributed by atoms with Gasteiger partial charge < -0.3 is 4.74 Å². The molecule has 3 aromatic rings. The summed E-state index contributed by atoms with van der Waals surface area (Å²) in [4.78, 5) is 24.3. The summed E-state index contributed by atoms with van der Waals surface area (Å²) in [5.41, 5.74) is 10.2. The van der Waals surface area contributed by atoms with Crippen molar-refractivity contribution in [1.82, 2.24) is 20.6 Å². The molecule has 0 spiro atoms. The maximum Gasteiger partial charge on any atom is 0.269 e. The van der Waals surface area contributed by atoms with E-state index in [1.807, 2.05) is 61.9 Å². The molecule has 0 aliphatic rings. The molecule has 0 saturated carbocycles. The molecule has 2 amide bonds. The summed E-state index contributed by atoms with van der Waals surface area (Å²) in [7, 11) is 1.63. The van der Waals surface area contributed by atoms with Crippen LogP contribution in [0.25, 0.3) is 5.69 Å². The molecule has 7 nitrogen and oxygen atoms in total. The molecule has 156 valence electrons. The summed E-state index contributed by atoms with van der Waals surface area (Å²) >= 11 is 0. The van der Waals surface area contributed by atoms with Crippen molar-refractivity contribution in [3.63, 3.8) is 0 Å². The Morgan fingerprint density at radius 3 is 2.47 bits per heavy atom. The molecule has 1 heterocycles. The summed E-state index contributed by atoms with van der Waals surface area (Å²) < 4.78 is 7.14. The van der Waals surface area contributed by atoms with Crippen LogP contribution < -0.4 is 15.6 Å². The highest BCUT2D eigenvalue weighted by molar-refractivity contribution is 5.95. The van der Waals surface area contributed by atoms with Crippen molar-refractivity contribution in [2.75, 3.05) is 7.11 Å². The largest absolute Gasteiger partial charge is 0.497 e. The second-order valence-corrected chi connectivity index (χ2v) is 7.13. The van der Waals surface area contributed by atoms with Crippen LogP contribution in [-0.4, -0.2) is 28.7 Å². The van der Waals surface area contributed by atoms with Crippen LogP contribution in [0.2, 0.25) is 0 Å². The van der Waals surface area contributed by atoms with Crippen LogP contribution in [-0.2, 0) is 11.2 Å². The molecule has 0 radical (unpaired) electrons. The van der Waals surface area contributed by atoms with E-state index in [0.29, 0.717) is 12.0 Å². The molecule has 2 aromatic carbocycles. The molecule has 0 fully saturated rings. The van der Waals surface area contributed by atoms with Gasteiger partial charge in [-0.3, -0.25) is 20.4 Å². The molecular weight excluding hydrogens is 380 g/mol. The molecular formula is C23H26N4O3. The highest BCUT2D eigenvalue weighted by Gasteiger charge is 2.15. The lowest BCUT2D eigenvalue weighted by molar-refractivity contribution is -0.121. The van der Waals surface area contributed by atoms with E-state index in [1.165, 1.54) is 0 Å². The summed E-state index contributed by atoms with van der Waals surface area (Å²) in [6.07, 6.45) is 0.757. The minimum atomic E-state index is -0.346. The summed E-state index contributed by atoms with van der Waals surface area (Å²) in [6, 6.07) is 14.8. The number of carbonyl (C=O) groups excluding carboxylic acids is 2. The highest BCUT2D eigenvalue weighted by atomic mass is 16.5. The molecule has 1 aromatic heterocycles. The third-order valence-corrected chi connectivity index (χ3v) is 4.97. The lowest BCUT2D eigenvalue weighted by atomic mass is 10.1. The number of rotatable bonds is 6.